The van der Waals surface area contributed by atoms with E-state index in [-0.39, 0.29) is 12.0 Å². The van der Waals surface area contributed by atoms with E-state index in [9.17, 15) is 13.7 Å². The number of carbonyl (C=O) groups is 1. The van der Waals surface area contributed by atoms with E-state index in [0.717, 1.165) is 7.11 Å². The van der Waals surface area contributed by atoms with E-state index in [4.69, 9.17) is 0 Å². The lowest BCUT2D eigenvalue weighted by molar-refractivity contribution is -0.144. The molecule has 3 nitrogen and oxygen atoms in total. The number of carbonyl (C=O) groups excluding carboxylic acids is 1. The number of benzene rings is 1. The van der Waals surface area contributed by atoms with Crippen LogP contribution in [0.25, 0.3) is 0 Å². The van der Waals surface area contributed by atoms with E-state index in [1.165, 1.54) is 23.7 Å². The molecule has 0 aliphatic carbocycles. The molecule has 0 aliphatic rings. The van der Waals surface area contributed by atoms with Crippen molar-refractivity contribution >= 4 is 5.97 Å². The van der Waals surface area contributed by atoms with Gasteiger partial charge in [0.1, 0.15) is 11.9 Å². The Bertz CT molecular complexity index is 344. The van der Waals surface area contributed by atoms with Crippen LogP contribution in [-0.4, -0.2) is 19.1 Å². The summed E-state index contributed by atoms with van der Waals surface area (Å²) in [7, 11) is 1.15. The van der Waals surface area contributed by atoms with Crippen molar-refractivity contribution in [3.05, 3.63) is 35.6 Å². The lowest BCUT2D eigenvalue weighted by atomic mass is 10.1. The molecular weight excluding hydrogens is 204 g/mol. The summed E-state index contributed by atoms with van der Waals surface area (Å²) in [5.74, 6) is -1.23. The molecule has 82 valence electrons. The molecule has 1 N–H and O–H groups in total. The van der Waals surface area contributed by atoms with Crippen LogP contribution in [0.1, 0.15) is 5.56 Å². The highest BCUT2D eigenvalue weighted by molar-refractivity contribution is 5.75. The Balaban J connectivity index is 2.75. The second-order valence-corrected chi connectivity index (χ2v) is 2.98. The minimum absolute atomic E-state index is 0.0875. The highest BCUT2D eigenvalue weighted by atomic mass is 19.2. The molecule has 0 fully saturated rings. The van der Waals surface area contributed by atoms with Crippen LogP contribution in [-0.2, 0) is 16.0 Å². The van der Waals surface area contributed by atoms with Gasteiger partial charge in [0.2, 0.25) is 0 Å². The Hall–Kier alpha value is -1.49. The van der Waals surface area contributed by atoms with E-state index in [2.05, 4.69) is 4.74 Å². The van der Waals surface area contributed by atoms with Gasteiger partial charge in [-0.2, -0.15) is 0 Å². The van der Waals surface area contributed by atoms with Gasteiger partial charge in [-0.15, -0.1) is 10.0 Å². The van der Waals surface area contributed by atoms with Gasteiger partial charge in [0.15, 0.2) is 0 Å². The number of hydrogen-bond acceptors (Lipinski definition) is 3. The molecule has 1 rings (SSSR count). The maximum absolute atomic E-state index is 13.2. The van der Waals surface area contributed by atoms with Crippen LogP contribution >= 0.6 is 0 Å². The zero-order valence-corrected chi connectivity index (χ0v) is 8.17. The zero-order valence-electron chi connectivity index (χ0n) is 8.17. The first-order valence-corrected chi connectivity index (χ1v) is 4.36. The number of hydrogen-bond donors (Lipinski definition) is 1. The molecule has 0 unspecified atom stereocenters. The van der Waals surface area contributed by atoms with E-state index >= 15 is 0 Å². The quantitative estimate of drug-likeness (QED) is 0.609. The van der Waals surface area contributed by atoms with Crippen molar-refractivity contribution in [3.8, 4) is 0 Å². The van der Waals surface area contributed by atoms with Crippen molar-refractivity contribution in [1.82, 2.24) is 5.54 Å². The van der Waals surface area contributed by atoms with Gasteiger partial charge in [0.05, 0.1) is 7.11 Å². The fraction of sp³-hybridized carbons (Fsp3) is 0.300. The van der Waals surface area contributed by atoms with Crippen LogP contribution in [0, 0.1) is 5.82 Å². The predicted molar refractivity (Wildman–Crippen MR) is 50.2 cm³/mol. The second kappa shape index (κ2) is 5.41. The van der Waals surface area contributed by atoms with Gasteiger partial charge >= 0.3 is 5.97 Å². The molecule has 1 aromatic carbocycles. The summed E-state index contributed by atoms with van der Waals surface area (Å²) in [6.07, 6.45) is -0.0875. The van der Waals surface area contributed by atoms with Crippen LogP contribution < -0.4 is 5.54 Å². The molecule has 0 saturated carbocycles. The highest BCUT2D eigenvalue weighted by Gasteiger charge is 2.20. The number of rotatable bonds is 4. The molecule has 0 aliphatic heterocycles. The molecular formula is C10H11F2NO2. The van der Waals surface area contributed by atoms with Crippen molar-refractivity contribution in [2.45, 2.75) is 12.5 Å². The number of esters is 1. The molecule has 0 spiro atoms. The smallest absolute Gasteiger partial charge is 0.325 e. The molecule has 0 bridgehead atoms. The third kappa shape index (κ3) is 2.99. The van der Waals surface area contributed by atoms with Gasteiger partial charge in [-0.1, -0.05) is 18.2 Å². The summed E-state index contributed by atoms with van der Waals surface area (Å²) in [4.78, 5) is 11.0. The van der Waals surface area contributed by atoms with Crippen LogP contribution in [0.4, 0.5) is 8.87 Å². The normalized spacial score (nSPS) is 12.2. The Morgan fingerprint density at radius 3 is 2.73 bits per heavy atom. The van der Waals surface area contributed by atoms with Gasteiger partial charge in [-0.3, -0.25) is 4.79 Å². The summed E-state index contributed by atoms with van der Waals surface area (Å²) in [6.45, 7) is 0. The third-order valence-corrected chi connectivity index (χ3v) is 2.00. The van der Waals surface area contributed by atoms with Gasteiger partial charge in [0.25, 0.3) is 0 Å². The minimum atomic E-state index is -1.17. The van der Waals surface area contributed by atoms with Crippen molar-refractivity contribution in [2.75, 3.05) is 7.11 Å². The number of methoxy groups -OCH3 is 1. The molecule has 0 heterocycles. The number of halogens is 2. The average Bonchev–Trinajstić information content (AvgIpc) is 2.27. The molecule has 0 saturated heterocycles. The van der Waals surface area contributed by atoms with Gasteiger partial charge in [0, 0.05) is 6.42 Å². The standard InChI is InChI=1S/C10H11F2NO2/c1-15-10(14)9(13-12)6-7-4-2-3-5-8(7)11/h2-5,9,13H,6H2,1H3/t9-/m0/s1. The van der Waals surface area contributed by atoms with Crippen LogP contribution in [0.5, 0.6) is 0 Å². The molecule has 15 heavy (non-hydrogen) atoms. The van der Waals surface area contributed by atoms with E-state index in [1.54, 1.807) is 6.07 Å². The monoisotopic (exact) mass is 215 g/mol. The summed E-state index contributed by atoms with van der Waals surface area (Å²) in [6, 6.07) is 4.71. The Morgan fingerprint density at radius 2 is 2.20 bits per heavy atom. The zero-order chi connectivity index (χ0) is 11.3. The second-order valence-electron chi connectivity index (χ2n) is 2.98. The summed E-state index contributed by atoms with van der Waals surface area (Å²) >= 11 is 0. The Kier molecular flexibility index (Phi) is 4.17. The maximum Gasteiger partial charge on any atom is 0.325 e. The summed E-state index contributed by atoms with van der Waals surface area (Å²) in [5.41, 5.74) is 1.55. The van der Waals surface area contributed by atoms with Gasteiger partial charge < -0.3 is 4.74 Å². The number of nitrogens with one attached hydrogen (secondary N) is 1. The lowest BCUT2D eigenvalue weighted by Crippen LogP contribution is -2.34. The van der Waals surface area contributed by atoms with Crippen LogP contribution in [0.2, 0.25) is 0 Å². The maximum atomic E-state index is 13.2. The van der Waals surface area contributed by atoms with Crippen LogP contribution in [0.3, 0.4) is 0 Å². The van der Waals surface area contributed by atoms with Crippen molar-refractivity contribution < 1.29 is 18.4 Å². The van der Waals surface area contributed by atoms with Crippen molar-refractivity contribution in [1.29, 1.82) is 0 Å². The molecule has 1 aromatic rings. The average molecular weight is 215 g/mol. The predicted octanol–water partition coefficient (Wildman–Crippen LogP) is 1.38. The first kappa shape index (κ1) is 11.6. The van der Waals surface area contributed by atoms with E-state index in [1.807, 2.05) is 0 Å². The number of ether oxygens (including phenoxy) is 1. The first-order chi connectivity index (χ1) is 7.19. The third-order valence-electron chi connectivity index (χ3n) is 2.00. The minimum Gasteiger partial charge on any atom is -0.468 e. The molecule has 0 aromatic heterocycles. The molecule has 1 atom stereocenters. The van der Waals surface area contributed by atoms with Gasteiger partial charge in [-0.05, 0) is 11.6 Å². The highest BCUT2D eigenvalue weighted by Crippen LogP contribution is 2.09. The molecule has 0 amide bonds. The largest absolute Gasteiger partial charge is 0.468 e. The molecule has 0 radical (unpaired) electrons. The summed E-state index contributed by atoms with van der Waals surface area (Å²) in [5, 5.41) is 0. The Labute approximate surface area is 86.0 Å². The van der Waals surface area contributed by atoms with Gasteiger partial charge in [-0.25, -0.2) is 4.39 Å². The first-order valence-electron chi connectivity index (χ1n) is 4.36. The lowest BCUT2D eigenvalue weighted by Gasteiger charge is -2.11. The van der Waals surface area contributed by atoms with Crippen molar-refractivity contribution in [2.24, 2.45) is 0 Å². The topological polar surface area (TPSA) is 38.3 Å². The molecule has 5 heteroatoms. The summed E-state index contributed by atoms with van der Waals surface area (Å²) < 4.78 is 29.7. The van der Waals surface area contributed by atoms with Crippen molar-refractivity contribution in [3.63, 3.8) is 0 Å². The Morgan fingerprint density at radius 1 is 1.53 bits per heavy atom. The van der Waals surface area contributed by atoms with Crippen LogP contribution in [0.15, 0.2) is 24.3 Å². The fourth-order valence-corrected chi connectivity index (χ4v) is 1.19. The van der Waals surface area contributed by atoms with E-state index < -0.39 is 17.8 Å². The van der Waals surface area contributed by atoms with E-state index in [0.29, 0.717) is 0 Å². The fourth-order valence-electron chi connectivity index (χ4n) is 1.19. The SMILES string of the molecule is COC(=O)[C@H](Cc1ccccc1F)NF.